The fourth-order valence-electron chi connectivity index (χ4n) is 3.07. The Morgan fingerprint density at radius 1 is 0.889 bits per heavy atom. The van der Waals surface area contributed by atoms with E-state index in [2.05, 4.69) is 40.6 Å². The third kappa shape index (κ3) is 4.18. The molecule has 0 aliphatic heterocycles. The van der Waals surface area contributed by atoms with Crippen molar-refractivity contribution >= 4 is 22.9 Å². The number of hydrogen-bond acceptors (Lipinski definition) is 2. The minimum atomic E-state index is 0.0230. The second kappa shape index (κ2) is 8.06. The third-order valence-electron chi connectivity index (χ3n) is 4.44. The van der Waals surface area contributed by atoms with Gasteiger partial charge in [0.2, 0.25) is 5.91 Å². The number of para-hydroxylation sites is 1. The van der Waals surface area contributed by atoms with E-state index < -0.39 is 0 Å². The summed E-state index contributed by atoms with van der Waals surface area (Å²) in [5, 5.41) is 5.11. The standard InChI is InChI=1S/C23H20N2OS/c26-23(25-21-10-5-4-9-19(21)22-11-6-16-27-22)15-13-18-12-14-20(24-18)17-7-2-1-3-8-17/h1-12,14,16,24H,13,15H2,(H,25,26). The summed E-state index contributed by atoms with van der Waals surface area (Å²) < 4.78 is 0. The molecule has 2 heterocycles. The summed E-state index contributed by atoms with van der Waals surface area (Å²) in [5.41, 5.74) is 5.22. The highest BCUT2D eigenvalue weighted by Crippen LogP contribution is 2.31. The molecule has 2 aromatic carbocycles. The number of aromatic amines is 1. The van der Waals surface area contributed by atoms with Gasteiger partial charge in [-0.1, -0.05) is 54.6 Å². The molecule has 0 spiro atoms. The largest absolute Gasteiger partial charge is 0.358 e. The molecule has 4 heteroatoms. The molecule has 2 N–H and O–H groups in total. The number of carbonyl (C=O) groups is 1. The van der Waals surface area contributed by atoms with Crippen LogP contribution in [-0.2, 0) is 11.2 Å². The van der Waals surface area contributed by atoms with Gasteiger partial charge in [0.1, 0.15) is 0 Å². The molecular formula is C23H20N2OS. The molecule has 27 heavy (non-hydrogen) atoms. The number of aryl methyl sites for hydroxylation is 1. The second-order valence-electron chi connectivity index (χ2n) is 6.33. The van der Waals surface area contributed by atoms with Crippen LogP contribution in [-0.4, -0.2) is 10.9 Å². The lowest BCUT2D eigenvalue weighted by molar-refractivity contribution is -0.116. The zero-order valence-corrected chi connectivity index (χ0v) is 15.6. The van der Waals surface area contributed by atoms with E-state index in [1.807, 2.05) is 53.9 Å². The zero-order valence-electron chi connectivity index (χ0n) is 14.8. The number of rotatable bonds is 6. The number of nitrogens with one attached hydrogen (secondary N) is 2. The molecule has 0 fully saturated rings. The highest BCUT2D eigenvalue weighted by molar-refractivity contribution is 7.13. The lowest BCUT2D eigenvalue weighted by atomic mass is 10.1. The lowest BCUT2D eigenvalue weighted by Crippen LogP contribution is -2.13. The molecule has 2 aromatic heterocycles. The highest BCUT2D eigenvalue weighted by Gasteiger charge is 2.10. The predicted molar refractivity (Wildman–Crippen MR) is 113 cm³/mol. The number of amides is 1. The van der Waals surface area contributed by atoms with E-state index in [-0.39, 0.29) is 5.91 Å². The first-order valence-corrected chi connectivity index (χ1v) is 9.83. The van der Waals surface area contributed by atoms with E-state index in [0.29, 0.717) is 12.8 Å². The van der Waals surface area contributed by atoms with E-state index in [1.165, 1.54) is 0 Å². The highest BCUT2D eigenvalue weighted by atomic mass is 32.1. The van der Waals surface area contributed by atoms with Crippen LogP contribution in [0.2, 0.25) is 0 Å². The van der Waals surface area contributed by atoms with Crippen molar-refractivity contribution in [3.05, 3.63) is 89.9 Å². The van der Waals surface area contributed by atoms with Crippen molar-refractivity contribution in [1.29, 1.82) is 0 Å². The third-order valence-corrected chi connectivity index (χ3v) is 5.34. The maximum atomic E-state index is 12.5. The Morgan fingerprint density at radius 3 is 2.52 bits per heavy atom. The summed E-state index contributed by atoms with van der Waals surface area (Å²) >= 11 is 1.67. The molecule has 3 nitrogen and oxygen atoms in total. The lowest BCUT2D eigenvalue weighted by Gasteiger charge is -2.09. The van der Waals surface area contributed by atoms with Crippen molar-refractivity contribution in [1.82, 2.24) is 4.98 Å². The van der Waals surface area contributed by atoms with Crippen molar-refractivity contribution in [2.24, 2.45) is 0 Å². The molecule has 1 amide bonds. The van der Waals surface area contributed by atoms with Gasteiger partial charge in [-0.2, -0.15) is 0 Å². The normalized spacial score (nSPS) is 10.7. The SMILES string of the molecule is O=C(CCc1ccc(-c2ccccc2)[nH]1)Nc1ccccc1-c1cccs1. The molecule has 0 aliphatic rings. The Bertz CT molecular complexity index is 1020. The fourth-order valence-corrected chi connectivity index (χ4v) is 3.84. The molecule has 0 atom stereocenters. The van der Waals surface area contributed by atoms with Gasteiger partial charge in [-0.25, -0.2) is 0 Å². The Kier molecular flexibility index (Phi) is 5.17. The van der Waals surface area contributed by atoms with Gasteiger partial charge in [0.05, 0.1) is 0 Å². The monoisotopic (exact) mass is 372 g/mol. The van der Waals surface area contributed by atoms with Gasteiger partial charge in [0.15, 0.2) is 0 Å². The number of carbonyl (C=O) groups excluding carboxylic acids is 1. The minimum absolute atomic E-state index is 0.0230. The molecule has 4 rings (SSSR count). The van der Waals surface area contributed by atoms with Crippen LogP contribution in [0.15, 0.2) is 84.2 Å². The summed E-state index contributed by atoms with van der Waals surface area (Å²) in [6, 6.07) is 26.3. The Morgan fingerprint density at radius 2 is 1.70 bits per heavy atom. The van der Waals surface area contributed by atoms with Crippen LogP contribution in [0.1, 0.15) is 12.1 Å². The van der Waals surface area contributed by atoms with Crippen LogP contribution in [0.4, 0.5) is 5.69 Å². The van der Waals surface area contributed by atoms with Crippen LogP contribution >= 0.6 is 11.3 Å². The molecule has 4 aromatic rings. The first-order valence-electron chi connectivity index (χ1n) is 8.96. The smallest absolute Gasteiger partial charge is 0.224 e. The summed E-state index contributed by atoms with van der Waals surface area (Å²) in [4.78, 5) is 17.0. The Labute approximate surface area is 162 Å². The van der Waals surface area contributed by atoms with E-state index in [4.69, 9.17) is 0 Å². The van der Waals surface area contributed by atoms with E-state index in [9.17, 15) is 4.79 Å². The van der Waals surface area contributed by atoms with Crippen LogP contribution in [0.25, 0.3) is 21.7 Å². The Balaban J connectivity index is 1.39. The van der Waals surface area contributed by atoms with E-state index >= 15 is 0 Å². The zero-order chi connectivity index (χ0) is 18.5. The second-order valence-corrected chi connectivity index (χ2v) is 7.28. The first-order chi connectivity index (χ1) is 13.3. The molecule has 0 bridgehead atoms. The predicted octanol–water partition coefficient (Wildman–Crippen LogP) is 5.98. The minimum Gasteiger partial charge on any atom is -0.358 e. The van der Waals surface area contributed by atoms with Crippen LogP contribution in [0.5, 0.6) is 0 Å². The topological polar surface area (TPSA) is 44.9 Å². The molecular weight excluding hydrogens is 352 g/mol. The van der Waals surface area contributed by atoms with Crippen LogP contribution in [0, 0.1) is 0 Å². The molecule has 0 unspecified atom stereocenters. The number of benzene rings is 2. The number of hydrogen-bond donors (Lipinski definition) is 2. The van der Waals surface area contributed by atoms with Gasteiger partial charge >= 0.3 is 0 Å². The summed E-state index contributed by atoms with van der Waals surface area (Å²) in [6.07, 6.45) is 1.12. The fraction of sp³-hybridized carbons (Fsp3) is 0.0870. The molecule has 0 aliphatic carbocycles. The van der Waals surface area contributed by atoms with Crippen molar-refractivity contribution in [3.8, 4) is 21.7 Å². The van der Waals surface area contributed by atoms with E-state index in [0.717, 1.165) is 33.1 Å². The van der Waals surface area contributed by atoms with Gasteiger partial charge < -0.3 is 10.3 Å². The molecule has 0 radical (unpaired) electrons. The quantitative estimate of drug-likeness (QED) is 0.429. The number of H-pyrrole nitrogens is 1. The van der Waals surface area contributed by atoms with Gasteiger partial charge in [0, 0.05) is 33.9 Å². The molecule has 0 saturated heterocycles. The maximum absolute atomic E-state index is 12.5. The Hall–Kier alpha value is -3.11. The van der Waals surface area contributed by atoms with Gasteiger partial charge in [-0.05, 0) is 41.6 Å². The molecule has 0 saturated carbocycles. The average Bonchev–Trinajstić information content (AvgIpc) is 3.40. The van der Waals surface area contributed by atoms with Crippen molar-refractivity contribution in [3.63, 3.8) is 0 Å². The summed E-state index contributed by atoms with van der Waals surface area (Å²) in [6.45, 7) is 0. The number of aromatic nitrogens is 1. The molecule has 134 valence electrons. The maximum Gasteiger partial charge on any atom is 0.224 e. The first kappa shape index (κ1) is 17.3. The van der Waals surface area contributed by atoms with Crippen molar-refractivity contribution < 1.29 is 4.79 Å². The van der Waals surface area contributed by atoms with Gasteiger partial charge in [-0.15, -0.1) is 11.3 Å². The van der Waals surface area contributed by atoms with Crippen molar-refractivity contribution in [2.75, 3.05) is 5.32 Å². The van der Waals surface area contributed by atoms with Crippen LogP contribution in [0.3, 0.4) is 0 Å². The van der Waals surface area contributed by atoms with Gasteiger partial charge in [0.25, 0.3) is 0 Å². The summed E-state index contributed by atoms with van der Waals surface area (Å²) in [5.74, 6) is 0.0230. The number of anilines is 1. The van der Waals surface area contributed by atoms with E-state index in [1.54, 1.807) is 11.3 Å². The van der Waals surface area contributed by atoms with Crippen LogP contribution < -0.4 is 5.32 Å². The van der Waals surface area contributed by atoms with Gasteiger partial charge in [-0.3, -0.25) is 4.79 Å². The van der Waals surface area contributed by atoms with Crippen molar-refractivity contribution in [2.45, 2.75) is 12.8 Å². The number of thiophene rings is 1. The average molecular weight is 372 g/mol. The summed E-state index contributed by atoms with van der Waals surface area (Å²) in [7, 11) is 0.